The number of aliphatic hydroxyl groups is 4. The predicted octanol–water partition coefficient (Wildman–Crippen LogP) is -0.869. The van der Waals surface area contributed by atoms with Crippen molar-refractivity contribution in [3.05, 3.63) is 0 Å². The number of hydrogen-bond acceptors (Lipinski definition) is 12. The Morgan fingerprint density at radius 2 is 0.941 bits per heavy atom. The smallest absolute Gasteiger partial charge is 0.338 e. The van der Waals surface area contributed by atoms with Gasteiger partial charge >= 0.3 is 11.9 Å². The molecule has 0 saturated carbocycles. The number of carbonyl (C=O) groups excluding carboxylic acids is 2. The fraction of sp³-hybridized carbons (Fsp3) is 0.909. The lowest BCUT2D eigenvalue weighted by molar-refractivity contribution is -0.204. The Kier molecular flexibility index (Phi) is 6.46. The molecule has 0 amide bonds. The highest BCUT2D eigenvalue weighted by atomic mass is 16.8. The van der Waals surface area contributed by atoms with Crippen LogP contribution in [0.1, 0.15) is 55.4 Å². The van der Waals surface area contributed by atoms with Gasteiger partial charge in [-0.1, -0.05) is 0 Å². The van der Waals surface area contributed by atoms with Gasteiger partial charge in [-0.05, 0) is 55.4 Å². The van der Waals surface area contributed by atoms with Gasteiger partial charge in [0.15, 0.2) is 36.0 Å². The first-order chi connectivity index (χ1) is 15.2. The summed E-state index contributed by atoms with van der Waals surface area (Å²) in [5.74, 6) is -3.28. The second-order valence-electron chi connectivity index (χ2n) is 11.1. The van der Waals surface area contributed by atoms with Crippen LogP contribution in [0.4, 0.5) is 0 Å². The van der Waals surface area contributed by atoms with E-state index in [9.17, 15) is 30.0 Å². The van der Waals surface area contributed by atoms with Crippen LogP contribution in [0.5, 0.6) is 0 Å². The number of aliphatic hydroxyl groups excluding tert-OH is 2. The molecule has 0 aromatic rings. The van der Waals surface area contributed by atoms with Crippen LogP contribution in [0.15, 0.2) is 0 Å². The number of esters is 2. The van der Waals surface area contributed by atoms with Crippen LogP contribution >= 0.6 is 0 Å². The van der Waals surface area contributed by atoms with Gasteiger partial charge in [-0.15, -0.1) is 0 Å². The first-order valence-electron chi connectivity index (χ1n) is 11.1. The van der Waals surface area contributed by atoms with E-state index < -0.39 is 70.3 Å². The van der Waals surface area contributed by atoms with Crippen LogP contribution in [0.2, 0.25) is 0 Å². The summed E-state index contributed by atoms with van der Waals surface area (Å²) < 4.78 is 32.3. The maximum absolute atomic E-state index is 11.3. The number of cyclic esters (lactones) is 2. The predicted molar refractivity (Wildman–Crippen MR) is 112 cm³/mol. The van der Waals surface area contributed by atoms with E-state index in [-0.39, 0.29) is 13.2 Å². The van der Waals surface area contributed by atoms with Crippen LogP contribution in [0, 0.1) is 0 Å². The van der Waals surface area contributed by atoms with Gasteiger partial charge in [0.25, 0.3) is 0 Å². The third kappa shape index (κ3) is 4.58. The molecule has 12 heteroatoms. The molecule has 4 aliphatic rings. The average Bonchev–Trinajstić information content (AvgIpc) is 3.29. The highest BCUT2D eigenvalue weighted by molar-refractivity contribution is 5.79. The van der Waals surface area contributed by atoms with Gasteiger partial charge in [-0.25, -0.2) is 9.59 Å². The quantitative estimate of drug-likeness (QED) is 0.352. The Morgan fingerprint density at radius 1 is 0.647 bits per heavy atom. The maximum Gasteiger partial charge on any atom is 0.338 e. The molecule has 4 aliphatic heterocycles. The van der Waals surface area contributed by atoms with Gasteiger partial charge in [0.05, 0.1) is 13.2 Å². The van der Waals surface area contributed by atoms with Crippen LogP contribution in [-0.4, -0.2) is 104 Å². The topological polar surface area (TPSA) is 170 Å². The summed E-state index contributed by atoms with van der Waals surface area (Å²) in [6.45, 7) is 13.4. The Balaban J connectivity index is 0.000000191. The molecule has 4 heterocycles. The SMILES string of the molecule is CC1(C)OC[C@@](C)([C@@H]2OC(=O)[C@@H](O)[C@]2(C)O)O1.CC1(C)OC[C@@](C)([C@@H]2OC(=O)[C@@H](O)[C@]2(C)O)O1. The fourth-order valence-electron chi connectivity index (χ4n) is 4.98. The number of ether oxygens (including phenoxy) is 6. The Hall–Kier alpha value is -1.38. The van der Waals surface area contributed by atoms with Crippen molar-refractivity contribution < 1.29 is 58.4 Å². The molecule has 8 atom stereocenters. The lowest BCUT2D eigenvalue weighted by atomic mass is 9.84. The van der Waals surface area contributed by atoms with E-state index in [1.807, 2.05) is 0 Å². The summed E-state index contributed by atoms with van der Waals surface area (Å²) in [5.41, 5.74) is -5.31. The maximum atomic E-state index is 11.3. The average molecular weight is 493 g/mol. The molecular weight excluding hydrogens is 456 g/mol. The summed E-state index contributed by atoms with van der Waals surface area (Å²) in [7, 11) is 0. The molecule has 4 N–H and O–H groups in total. The number of rotatable bonds is 2. The van der Waals surface area contributed by atoms with Gasteiger partial charge in [-0.2, -0.15) is 0 Å². The van der Waals surface area contributed by atoms with Gasteiger partial charge < -0.3 is 48.8 Å². The lowest BCUT2D eigenvalue weighted by Gasteiger charge is -2.36. The second kappa shape index (κ2) is 8.07. The zero-order valence-corrected chi connectivity index (χ0v) is 20.8. The summed E-state index contributed by atoms with van der Waals surface area (Å²) in [4.78, 5) is 22.7. The fourth-order valence-corrected chi connectivity index (χ4v) is 4.98. The molecule has 4 fully saturated rings. The Labute approximate surface area is 198 Å². The van der Waals surface area contributed by atoms with Crippen LogP contribution in [-0.2, 0) is 38.0 Å². The molecule has 0 bridgehead atoms. The molecule has 0 aliphatic carbocycles. The minimum absolute atomic E-state index is 0.181. The Bertz CT molecular complexity index is 768. The van der Waals surface area contributed by atoms with Gasteiger partial charge in [-0.3, -0.25) is 0 Å². The first-order valence-corrected chi connectivity index (χ1v) is 11.1. The summed E-state index contributed by atoms with van der Waals surface area (Å²) in [5, 5.41) is 39.5. The van der Waals surface area contributed by atoms with Crippen molar-refractivity contribution in [1.82, 2.24) is 0 Å². The largest absolute Gasteiger partial charge is 0.454 e. The normalized spacial score (nSPS) is 49.4. The summed E-state index contributed by atoms with van der Waals surface area (Å²) in [6.07, 6.45) is -5.04. The van der Waals surface area contributed by atoms with Crippen molar-refractivity contribution in [2.24, 2.45) is 0 Å². The molecule has 4 saturated heterocycles. The van der Waals surface area contributed by atoms with Crippen molar-refractivity contribution >= 4 is 11.9 Å². The van der Waals surface area contributed by atoms with Gasteiger partial charge in [0.2, 0.25) is 0 Å². The molecule has 0 aromatic heterocycles. The molecule has 34 heavy (non-hydrogen) atoms. The van der Waals surface area contributed by atoms with E-state index >= 15 is 0 Å². The lowest BCUT2D eigenvalue weighted by Crippen LogP contribution is -2.56. The minimum atomic E-state index is -1.68. The van der Waals surface area contributed by atoms with E-state index in [2.05, 4.69) is 0 Å². The minimum Gasteiger partial charge on any atom is -0.454 e. The third-order valence-electron chi connectivity index (χ3n) is 6.56. The van der Waals surface area contributed by atoms with Crippen molar-refractivity contribution in [2.75, 3.05) is 13.2 Å². The van der Waals surface area contributed by atoms with Crippen molar-refractivity contribution in [2.45, 2.75) is 114 Å². The zero-order valence-electron chi connectivity index (χ0n) is 20.8. The van der Waals surface area contributed by atoms with Crippen LogP contribution in [0.3, 0.4) is 0 Å². The van der Waals surface area contributed by atoms with E-state index in [1.54, 1.807) is 41.5 Å². The Morgan fingerprint density at radius 3 is 1.12 bits per heavy atom. The monoisotopic (exact) mass is 492 g/mol. The van der Waals surface area contributed by atoms with Crippen molar-refractivity contribution in [3.63, 3.8) is 0 Å². The second-order valence-corrected chi connectivity index (χ2v) is 11.1. The summed E-state index contributed by atoms with van der Waals surface area (Å²) in [6, 6.07) is 0. The molecule has 12 nitrogen and oxygen atoms in total. The van der Waals surface area contributed by atoms with Gasteiger partial charge in [0.1, 0.15) is 22.4 Å². The summed E-state index contributed by atoms with van der Waals surface area (Å²) >= 11 is 0. The van der Waals surface area contributed by atoms with E-state index in [0.29, 0.717) is 0 Å². The molecule has 0 spiro atoms. The van der Waals surface area contributed by atoms with E-state index in [1.165, 1.54) is 13.8 Å². The molecule has 0 aromatic carbocycles. The van der Waals surface area contributed by atoms with Crippen LogP contribution in [0.25, 0.3) is 0 Å². The van der Waals surface area contributed by atoms with E-state index in [0.717, 1.165) is 0 Å². The molecule has 0 radical (unpaired) electrons. The molecule has 196 valence electrons. The number of carbonyl (C=O) groups is 2. The molecule has 0 unspecified atom stereocenters. The molecular formula is C22H36O12. The highest BCUT2D eigenvalue weighted by Gasteiger charge is 2.64. The van der Waals surface area contributed by atoms with E-state index in [4.69, 9.17) is 28.4 Å². The number of hydrogen-bond donors (Lipinski definition) is 4. The standard InChI is InChI=1S/2C11H18O6/c2*1-9(2)15-5-10(3,17-9)8-11(4,14)6(12)7(13)16-8/h2*6,8,12,14H,5H2,1-4H3/t2*6-,8+,10+,11+/m11/s1. The zero-order chi connectivity index (χ0) is 26.1. The van der Waals surface area contributed by atoms with Gasteiger partial charge in [0, 0.05) is 0 Å². The third-order valence-corrected chi connectivity index (χ3v) is 6.56. The van der Waals surface area contributed by atoms with Crippen molar-refractivity contribution in [1.29, 1.82) is 0 Å². The highest BCUT2D eigenvalue weighted by Crippen LogP contribution is 2.43. The van der Waals surface area contributed by atoms with Crippen LogP contribution < -0.4 is 0 Å². The molecule has 4 rings (SSSR count). The first kappa shape index (κ1) is 27.2. The van der Waals surface area contributed by atoms with Crippen molar-refractivity contribution in [3.8, 4) is 0 Å².